The van der Waals surface area contributed by atoms with Crippen LogP contribution in [0.5, 0.6) is 0 Å². The smallest absolute Gasteiger partial charge is 1.00 e. The first-order chi connectivity index (χ1) is 2.00. The number of hydrogen-bond acceptors (Lipinski definition) is 4. The van der Waals surface area contributed by atoms with Crippen LogP contribution in [0.4, 0.5) is 0 Å². The summed E-state index contributed by atoms with van der Waals surface area (Å²) in [5, 5.41) is 0. The maximum Gasteiger partial charge on any atom is 1.00 e. The summed E-state index contributed by atoms with van der Waals surface area (Å²) in [6.45, 7) is 0. The predicted octanol–water partition coefficient (Wildman–Crippen LogP) is -14.8. The number of rotatable bonds is 0. The molecule has 0 bridgehead atoms. The number of phosphoric acid groups is 1. The molecule has 0 saturated heterocycles. The largest absolute Gasteiger partial charge is 1.00 e. The fraction of sp³-hybridized carbons (Fsp3) is 0. The van der Waals surface area contributed by atoms with Crippen LogP contribution in [0.15, 0.2) is 0 Å². The average molecular weight is 226 g/mol. The molecule has 10 heteroatoms. The molecule has 0 N–H and O–H groups in total. The van der Waals surface area contributed by atoms with E-state index in [1.54, 1.807) is 0 Å². The van der Waals surface area contributed by atoms with E-state index in [1.165, 1.54) is 0 Å². The van der Waals surface area contributed by atoms with Gasteiger partial charge in [0, 0.05) is 18.6 Å². The summed E-state index contributed by atoms with van der Waals surface area (Å²) in [5.41, 5.74) is 0. The zero-order valence-electron chi connectivity index (χ0n) is 4.66. The van der Waals surface area contributed by atoms with Crippen molar-refractivity contribution in [1.82, 2.24) is 0 Å². The van der Waals surface area contributed by atoms with E-state index in [0.29, 0.717) is 0 Å². The van der Waals surface area contributed by atoms with Crippen molar-refractivity contribution in [1.29, 1.82) is 0 Å². The molecule has 0 aromatic rings. The van der Waals surface area contributed by atoms with Crippen molar-refractivity contribution in [3.05, 3.63) is 0 Å². The van der Waals surface area contributed by atoms with E-state index in [-0.39, 0.29) is 62.2 Å². The Morgan fingerprint density at radius 1 is 0.900 bits per heavy atom. The molecular weight excluding hydrogens is 226 g/mol. The quantitative estimate of drug-likeness (QED) is 0.303. The molecule has 61 valence electrons. The fourth-order valence-electron chi connectivity index (χ4n) is 0. The zero-order valence-corrected chi connectivity index (χ0v) is 8.95. The van der Waals surface area contributed by atoms with Crippen molar-refractivity contribution in [3.8, 4) is 0 Å². The van der Waals surface area contributed by atoms with E-state index in [1.807, 2.05) is 0 Å². The van der Waals surface area contributed by atoms with Crippen molar-refractivity contribution in [2.24, 2.45) is 0 Å². The van der Waals surface area contributed by atoms with Crippen LogP contribution in [0.2, 0.25) is 0 Å². The van der Waals surface area contributed by atoms with Gasteiger partial charge >= 0.3 is 29.6 Å². The molecule has 0 atom stereocenters. The van der Waals surface area contributed by atoms with E-state index in [2.05, 4.69) is 0 Å². The predicted molar refractivity (Wildman–Crippen MR) is 7.61 cm³/mol. The molecule has 0 aliphatic carbocycles. The van der Waals surface area contributed by atoms with Gasteiger partial charge in [0.15, 0.2) is 0 Å². The van der Waals surface area contributed by atoms with Gasteiger partial charge in [0.25, 0.3) is 0 Å². The Labute approximate surface area is 88.9 Å². The summed E-state index contributed by atoms with van der Waals surface area (Å²) in [7, 11) is -5.39. The van der Waals surface area contributed by atoms with Crippen LogP contribution in [0.3, 0.4) is 0 Å². The topological polar surface area (TPSA) is 86.2 Å². The maximum absolute atomic E-state index is 8.55. The van der Waals surface area contributed by atoms with Gasteiger partial charge in [0.2, 0.25) is 0 Å². The van der Waals surface area contributed by atoms with Gasteiger partial charge in [-0.05, 0) is 0 Å². The van der Waals surface area contributed by atoms with Gasteiger partial charge in [-0.3, -0.25) is 0 Å². The number of halogens is 3. The van der Waals surface area contributed by atoms with Gasteiger partial charge in [0.05, 0.1) is 0 Å². The maximum atomic E-state index is 8.55. The Kier molecular flexibility index (Phi) is 70.7. The van der Waals surface area contributed by atoms with E-state index in [9.17, 15) is 0 Å². The molecule has 0 aromatic carbocycles. The second-order valence-corrected chi connectivity index (χ2v) is 1.34. The first-order valence-electron chi connectivity index (χ1n) is 0.730. The minimum atomic E-state index is -5.39. The molecule has 0 aromatic heterocycles. The zero-order chi connectivity index (χ0) is 4.50. The summed E-state index contributed by atoms with van der Waals surface area (Å²) in [6.07, 6.45) is 0. The van der Waals surface area contributed by atoms with Gasteiger partial charge in [0.1, 0.15) is 0 Å². The van der Waals surface area contributed by atoms with Gasteiger partial charge in [-0.1, -0.05) is 0 Å². The third-order valence-corrected chi connectivity index (χ3v) is 0. The summed E-state index contributed by atoms with van der Waals surface area (Å²) < 4.78 is 8.55. The van der Waals surface area contributed by atoms with Crippen LogP contribution in [0, 0.1) is 0 Å². The Bertz CT molecular complexity index is 66.6. The van der Waals surface area contributed by atoms with Crippen molar-refractivity contribution >= 4 is 7.82 Å². The third kappa shape index (κ3) is 310. The Hall–Kier alpha value is 1.48. The van der Waals surface area contributed by atoms with E-state index >= 15 is 0 Å². The Balaban J connectivity index is -0.00000000800. The normalized spacial score (nSPS) is 5.90. The molecular formula is F3NaO4PV-5. The van der Waals surface area contributed by atoms with Gasteiger partial charge < -0.3 is 33.4 Å². The third-order valence-electron chi connectivity index (χ3n) is 0. The first kappa shape index (κ1) is 42.0. The van der Waals surface area contributed by atoms with Crippen LogP contribution < -0.4 is 58.4 Å². The average Bonchev–Trinajstić information content (AvgIpc) is 0.722. The first-order valence-corrected chi connectivity index (χ1v) is 2.19. The summed E-state index contributed by atoms with van der Waals surface area (Å²) >= 11 is 0. The molecule has 0 saturated carbocycles. The van der Waals surface area contributed by atoms with Gasteiger partial charge in [-0.2, -0.15) is 7.82 Å². The second-order valence-electron chi connectivity index (χ2n) is 0.447. The monoisotopic (exact) mass is 226 g/mol. The van der Waals surface area contributed by atoms with Crippen molar-refractivity contribution in [3.63, 3.8) is 0 Å². The molecule has 0 fully saturated rings. The molecule has 4 nitrogen and oxygen atoms in total. The number of hydrogen-bond donors (Lipinski definition) is 0. The van der Waals surface area contributed by atoms with Crippen LogP contribution in [0.1, 0.15) is 0 Å². The van der Waals surface area contributed by atoms with Crippen molar-refractivity contribution < 1.29 is 81.5 Å². The van der Waals surface area contributed by atoms with Gasteiger partial charge in [-0.25, -0.2) is 0 Å². The van der Waals surface area contributed by atoms with E-state index in [4.69, 9.17) is 19.2 Å². The van der Waals surface area contributed by atoms with Crippen LogP contribution in [0.25, 0.3) is 0 Å². The fourth-order valence-corrected chi connectivity index (χ4v) is 0. The van der Waals surface area contributed by atoms with Gasteiger partial charge in [-0.15, -0.1) is 0 Å². The van der Waals surface area contributed by atoms with Crippen LogP contribution >= 0.6 is 7.82 Å². The molecule has 0 amide bonds. The summed E-state index contributed by atoms with van der Waals surface area (Å²) in [5.74, 6) is 0. The molecule has 0 heterocycles. The summed E-state index contributed by atoms with van der Waals surface area (Å²) in [4.78, 5) is 25.6. The molecule has 0 unspecified atom stereocenters. The minimum Gasteiger partial charge on any atom is -1.00 e. The van der Waals surface area contributed by atoms with Crippen molar-refractivity contribution in [2.45, 2.75) is 0 Å². The molecule has 0 aliphatic rings. The second kappa shape index (κ2) is 16.8. The SMILES string of the molecule is O=P([O-])([O-])[O-].[F-].[F-].[F-].[Na+].[V]. The molecule has 0 spiro atoms. The van der Waals surface area contributed by atoms with Crippen LogP contribution in [-0.4, -0.2) is 0 Å². The summed E-state index contributed by atoms with van der Waals surface area (Å²) in [6, 6.07) is 0. The van der Waals surface area contributed by atoms with E-state index in [0.717, 1.165) is 0 Å². The molecule has 1 radical (unpaired) electrons. The standard InChI is InChI=1S/3FH.Na.H3O4P.V/c;;;;1-5(2,3)4;/h3*1H;;(H3,1,2,3,4);/q;;;+1;;/p-6. The Morgan fingerprint density at radius 2 is 0.900 bits per heavy atom. The Morgan fingerprint density at radius 3 is 0.900 bits per heavy atom. The minimum absolute atomic E-state index is 0. The van der Waals surface area contributed by atoms with Crippen LogP contribution in [-0.2, 0) is 23.1 Å². The van der Waals surface area contributed by atoms with Crippen molar-refractivity contribution in [2.75, 3.05) is 0 Å². The molecule has 10 heavy (non-hydrogen) atoms. The molecule has 0 aliphatic heterocycles. The van der Waals surface area contributed by atoms with E-state index < -0.39 is 7.82 Å². The molecule has 0 rings (SSSR count).